The van der Waals surface area contributed by atoms with E-state index < -0.39 is 0 Å². The molecule has 2 N–H and O–H groups in total. The zero-order valence-corrected chi connectivity index (χ0v) is 17.1. The second kappa shape index (κ2) is 8.15. The topological polar surface area (TPSA) is 64.9 Å². The van der Waals surface area contributed by atoms with Crippen LogP contribution in [0.15, 0.2) is 53.7 Å². The molecular weight excluding hydrogens is 350 g/mol. The molecule has 5 nitrogen and oxygen atoms in total. The standard InChI is InChI=1S/C23H29N3O2/c1-16-9-11-17(12-10-16)20(25-28)15-26-14-19-8-6-5-7-18(19)13-21(26)22(27)24-23(2,3)4/h5-12,21,28H,13-15H2,1-4H3,(H,24,27)/b25-20-. The second-order valence-electron chi connectivity index (χ2n) is 8.55. The van der Waals surface area contributed by atoms with Crippen LogP contribution < -0.4 is 5.32 Å². The highest BCUT2D eigenvalue weighted by molar-refractivity contribution is 6.02. The third-order valence-corrected chi connectivity index (χ3v) is 5.01. The molecule has 0 spiro atoms. The van der Waals surface area contributed by atoms with Gasteiger partial charge in [-0.2, -0.15) is 0 Å². The Morgan fingerprint density at radius 1 is 1.14 bits per heavy atom. The molecule has 2 aromatic rings. The van der Waals surface area contributed by atoms with Gasteiger partial charge in [0.25, 0.3) is 0 Å². The quantitative estimate of drug-likeness (QED) is 0.485. The number of nitrogens with zero attached hydrogens (tertiary/aromatic N) is 2. The molecule has 0 saturated carbocycles. The Kier molecular flexibility index (Phi) is 5.84. The first kappa shape index (κ1) is 20.1. The molecule has 1 aliphatic heterocycles. The average Bonchev–Trinajstić information content (AvgIpc) is 2.65. The number of oxime groups is 1. The number of benzene rings is 2. The Balaban J connectivity index is 1.88. The Morgan fingerprint density at radius 2 is 1.79 bits per heavy atom. The van der Waals surface area contributed by atoms with Gasteiger partial charge in [-0.3, -0.25) is 9.69 Å². The van der Waals surface area contributed by atoms with E-state index in [1.807, 2.05) is 64.1 Å². The van der Waals surface area contributed by atoms with Crippen molar-refractivity contribution in [1.82, 2.24) is 10.2 Å². The summed E-state index contributed by atoms with van der Waals surface area (Å²) >= 11 is 0. The normalized spacial score (nSPS) is 17.9. The van der Waals surface area contributed by atoms with E-state index in [1.165, 1.54) is 11.1 Å². The van der Waals surface area contributed by atoms with E-state index in [4.69, 9.17) is 0 Å². The van der Waals surface area contributed by atoms with E-state index >= 15 is 0 Å². The minimum atomic E-state index is -0.309. The van der Waals surface area contributed by atoms with Crippen LogP contribution in [0.2, 0.25) is 0 Å². The highest BCUT2D eigenvalue weighted by Crippen LogP contribution is 2.24. The predicted octanol–water partition coefficient (Wildman–Crippen LogP) is 3.51. The molecule has 0 aliphatic carbocycles. The third-order valence-electron chi connectivity index (χ3n) is 5.01. The number of carbonyl (C=O) groups excluding carboxylic acids is 1. The van der Waals surface area contributed by atoms with Gasteiger partial charge in [0.2, 0.25) is 5.91 Å². The molecule has 0 radical (unpaired) electrons. The molecule has 0 aromatic heterocycles. The van der Waals surface area contributed by atoms with E-state index in [1.54, 1.807) is 0 Å². The summed E-state index contributed by atoms with van der Waals surface area (Å²) in [6.07, 6.45) is 0.644. The molecule has 1 amide bonds. The summed E-state index contributed by atoms with van der Waals surface area (Å²) in [7, 11) is 0. The lowest BCUT2D eigenvalue weighted by Crippen LogP contribution is -2.55. The molecule has 1 unspecified atom stereocenters. The Labute approximate surface area is 167 Å². The Bertz CT molecular complexity index is 866. The van der Waals surface area contributed by atoms with Crippen LogP contribution in [0, 0.1) is 6.92 Å². The summed E-state index contributed by atoms with van der Waals surface area (Å²) in [6.45, 7) is 9.02. The molecule has 0 saturated heterocycles. The SMILES string of the molecule is Cc1ccc(/C(CN2Cc3ccccc3CC2C(=O)NC(C)(C)C)=N\O)cc1. The fourth-order valence-electron chi connectivity index (χ4n) is 3.57. The van der Waals surface area contributed by atoms with E-state index in [9.17, 15) is 10.0 Å². The monoisotopic (exact) mass is 379 g/mol. The molecule has 2 aromatic carbocycles. The average molecular weight is 380 g/mol. The molecule has 1 heterocycles. The van der Waals surface area contributed by atoms with Crippen molar-refractivity contribution in [2.24, 2.45) is 5.16 Å². The van der Waals surface area contributed by atoms with Gasteiger partial charge >= 0.3 is 0 Å². The molecule has 0 bridgehead atoms. The van der Waals surface area contributed by atoms with Gasteiger partial charge in [0, 0.05) is 24.2 Å². The maximum atomic E-state index is 13.0. The minimum Gasteiger partial charge on any atom is -0.411 e. The van der Waals surface area contributed by atoms with E-state index in [0.717, 1.165) is 11.1 Å². The smallest absolute Gasteiger partial charge is 0.238 e. The summed E-state index contributed by atoms with van der Waals surface area (Å²) in [4.78, 5) is 15.1. The number of carbonyl (C=O) groups is 1. The zero-order valence-electron chi connectivity index (χ0n) is 17.1. The van der Waals surface area contributed by atoms with Gasteiger partial charge in [-0.1, -0.05) is 59.3 Å². The van der Waals surface area contributed by atoms with Crippen LogP contribution in [0.1, 0.15) is 43.0 Å². The summed E-state index contributed by atoms with van der Waals surface area (Å²) in [6, 6.07) is 15.8. The fraction of sp³-hybridized carbons (Fsp3) is 0.391. The highest BCUT2D eigenvalue weighted by Gasteiger charge is 2.33. The van der Waals surface area contributed by atoms with Crippen LogP contribution in [0.4, 0.5) is 0 Å². The van der Waals surface area contributed by atoms with Crippen molar-refractivity contribution in [3.05, 3.63) is 70.8 Å². The summed E-state index contributed by atoms with van der Waals surface area (Å²) in [5.41, 5.74) is 4.68. The van der Waals surface area contributed by atoms with Gasteiger partial charge in [-0.05, 0) is 45.2 Å². The molecule has 28 heavy (non-hydrogen) atoms. The molecule has 3 rings (SSSR count). The van der Waals surface area contributed by atoms with Gasteiger partial charge < -0.3 is 10.5 Å². The number of hydrogen-bond donors (Lipinski definition) is 2. The molecule has 0 fully saturated rings. The van der Waals surface area contributed by atoms with Gasteiger partial charge in [0.1, 0.15) is 5.71 Å². The Morgan fingerprint density at radius 3 is 2.39 bits per heavy atom. The van der Waals surface area contributed by atoms with Gasteiger partial charge in [0.15, 0.2) is 0 Å². The number of amides is 1. The maximum absolute atomic E-state index is 13.0. The van der Waals surface area contributed by atoms with Crippen molar-refractivity contribution in [1.29, 1.82) is 0 Å². The fourth-order valence-corrected chi connectivity index (χ4v) is 3.57. The first-order chi connectivity index (χ1) is 13.3. The van der Waals surface area contributed by atoms with Crippen LogP contribution in [0.3, 0.4) is 0 Å². The van der Waals surface area contributed by atoms with Crippen molar-refractivity contribution in [2.75, 3.05) is 6.54 Å². The molecule has 148 valence electrons. The highest BCUT2D eigenvalue weighted by atomic mass is 16.4. The van der Waals surface area contributed by atoms with Crippen LogP contribution in [-0.2, 0) is 17.8 Å². The summed E-state index contributed by atoms with van der Waals surface area (Å²) < 4.78 is 0. The Hall–Kier alpha value is -2.66. The molecule has 5 heteroatoms. The lowest BCUT2D eigenvalue weighted by molar-refractivity contribution is -0.128. The number of nitrogens with one attached hydrogen (secondary N) is 1. The minimum absolute atomic E-state index is 0.00296. The summed E-state index contributed by atoms with van der Waals surface area (Å²) in [5, 5.41) is 16.3. The predicted molar refractivity (Wildman–Crippen MR) is 112 cm³/mol. The van der Waals surface area contributed by atoms with E-state index in [-0.39, 0.29) is 17.5 Å². The summed E-state index contributed by atoms with van der Waals surface area (Å²) in [5.74, 6) is 0.00296. The van der Waals surface area contributed by atoms with E-state index in [2.05, 4.69) is 27.5 Å². The number of aryl methyl sites for hydroxylation is 1. The van der Waals surface area contributed by atoms with Gasteiger partial charge in [-0.15, -0.1) is 0 Å². The number of fused-ring (bicyclic) bond motifs is 1. The molecule has 1 aliphatic rings. The molecular formula is C23H29N3O2. The lowest BCUT2D eigenvalue weighted by atomic mass is 9.92. The lowest BCUT2D eigenvalue weighted by Gasteiger charge is -2.37. The largest absolute Gasteiger partial charge is 0.411 e. The van der Waals surface area contributed by atoms with Crippen LogP contribution in [0.25, 0.3) is 0 Å². The van der Waals surface area contributed by atoms with Crippen molar-refractivity contribution in [2.45, 2.75) is 52.2 Å². The van der Waals surface area contributed by atoms with Gasteiger partial charge in [0.05, 0.1) is 6.04 Å². The van der Waals surface area contributed by atoms with Crippen molar-refractivity contribution >= 4 is 11.6 Å². The van der Waals surface area contributed by atoms with Crippen LogP contribution in [-0.4, -0.2) is 39.9 Å². The van der Waals surface area contributed by atoms with Crippen LogP contribution in [0.5, 0.6) is 0 Å². The van der Waals surface area contributed by atoms with Gasteiger partial charge in [-0.25, -0.2) is 0 Å². The first-order valence-corrected chi connectivity index (χ1v) is 9.67. The number of hydrogen-bond acceptors (Lipinski definition) is 4. The number of rotatable bonds is 4. The van der Waals surface area contributed by atoms with Crippen LogP contribution >= 0.6 is 0 Å². The van der Waals surface area contributed by atoms with E-state index in [0.29, 0.717) is 25.2 Å². The zero-order chi connectivity index (χ0) is 20.3. The second-order valence-corrected chi connectivity index (χ2v) is 8.55. The third kappa shape index (κ3) is 4.78. The van der Waals surface area contributed by atoms with Crippen molar-refractivity contribution in [3.63, 3.8) is 0 Å². The van der Waals surface area contributed by atoms with Crippen molar-refractivity contribution in [3.8, 4) is 0 Å². The maximum Gasteiger partial charge on any atom is 0.238 e. The molecule has 1 atom stereocenters. The first-order valence-electron chi connectivity index (χ1n) is 9.67. The van der Waals surface area contributed by atoms with Crippen molar-refractivity contribution < 1.29 is 10.0 Å².